The van der Waals surface area contributed by atoms with Gasteiger partial charge in [0.25, 0.3) is 5.56 Å². The first kappa shape index (κ1) is 20.0. The number of nitrogens with zero attached hydrogens (tertiary/aromatic N) is 4. The molecule has 2 unspecified atom stereocenters. The molecule has 6 nitrogen and oxygen atoms in total. The Morgan fingerprint density at radius 1 is 1.13 bits per heavy atom. The maximum absolute atomic E-state index is 12.9. The molecule has 0 radical (unpaired) electrons. The lowest BCUT2D eigenvalue weighted by atomic mass is 10.1. The van der Waals surface area contributed by atoms with Gasteiger partial charge >= 0.3 is 0 Å². The molecule has 1 aliphatic heterocycles. The van der Waals surface area contributed by atoms with E-state index in [9.17, 15) is 9.59 Å². The summed E-state index contributed by atoms with van der Waals surface area (Å²) in [4.78, 5) is 34.6. The Morgan fingerprint density at radius 3 is 2.70 bits per heavy atom. The smallest absolute Gasteiger partial charge is 0.258 e. The molecule has 0 spiro atoms. The Kier molecular flexibility index (Phi) is 5.31. The van der Waals surface area contributed by atoms with Crippen LogP contribution in [0, 0.1) is 5.92 Å². The van der Waals surface area contributed by atoms with Crippen LogP contribution in [0.2, 0.25) is 10.0 Å². The van der Waals surface area contributed by atoms with Crippen molar-refractivity contribution >= 4 is 45.4 Å². The lowest BCUT2D eigenvalue weighted by molar-refractivity contribution is -0.134. The molecular formula is C21H20Cl2N4O2S. The molecule has 1 aromatic carbocycles. The number of piperazine rings is 1. The fourth-order valence-electron chi connectivity index (χ4n) is 4.14. The SMILES string of the molecule is O=C(C1CC1c1ccc(Cl)c(Cl)c1)N1CCN(Cc2cc(=O)n3ccsc3n2)CC1. The molecular weight excluding hydrogens is 443 g/mol. The summed E-state index contributed by atoms with van der Waals surface area (Å²) in [6.07, 6.45) is 2.61. The Morgan fingerprint density at radius 2 is 1.93 bits per heavy atom. The van der Waals surface area contributed by atoms with Gasteiger partial charge < -0.3 is 4.90 Å². The predicted octanol–water partition coefficient (Wildman–Crippen LogP) is 3.51. The van der Waals surface area contributed by atoms with Gasteiger partial charge in [0.2, 0.25) is 5.91 Å². The van der Waals surface area contributed by atoms with Crippen molar-refractivity contribution in [1.82, 2.24) is 19.2 Å². The maximum Gasteiger partial charge on any atom is 0.258 e. The number of carbonyl (C=O) groups excluding carboxylic acids is 1. The van der Waals surface area contributed by atoms with Gasteiger partial charge in [-0.1, -0.05) is 29.3 Å². The Bertz CT molecular complexity index is 1170. The molecule has 3 heterocycles. The van der Waals surface area contributed by atoms with Crippen LogP contribution in [0.3, 0.4) is 0 Å². The third-order valence-electron chi connectivity index (χ3n) is 5.91. The first-order valence-corrected chi connectivity index (χ1v) is 11.5. The monoisotopic (exact) mass is 462 g/mol. The summed E-state index contributed by atoms with van der Waals surface area (Å²) in [5, 5.41) is 2.94. The van der Waals surface area contributed by atoms with Gasteiger partial charge in [0.1, 0.15) is 0 Å². The second kappa shape index (κ2) is 7.96. The number of hydrogen-bond donors (Lipinski definition) is 0. The molecule has 9 heteroatoms. The number of rotatable bonds is 4. The molecule has 1 amide bonds. The van der Waals surface area contributed by atoms with Crippen molar-refractivity contribution in [2.75, 3.05) is 26.2 Å². The zero-order valence-electron chi connectivity index (χ0n) is 16.1. The summed E-state index contributed by atoms with van der Waals surface area (Å²) >= 11 is 13.6. The summed E-state index contributed by atoms with van der Waals surface area (Å²) in [7, 11) is 0. The van der Waals surface area contributed by atoms with Crippen molar-refractivity contribution in [3.8, 4) is 0 Å². The van der Waals surface area contributed by atoms with Crippen LogP contribution in [-0.4, -0.2) is 51.3 Å². The van der Waals surface area contributed by atoms with Crippen molar-refractivity contribution in [1.29, 1.82) is 0 Å². The molecule has 5 rings (SSSR count). The van der Waals surface area contributed by atoms with Gasteiger partial charge in [-0.05, 0) is 30.0 Å². The molecule has 30 heavy (non-hydrogen) atoms. The van der Waals surface area contributed by atoms with Gasteiger partial charge in [-0.15, -0.1) is 11.3 Å². The predicted molar refractivity (Wildman–Crippen MR) is 119 cm³/mol. The van der Waals surface area contributed by atoms with Crippen LogP contribution in [-0.2, 0) is 11.3 Å². The summed E-state index contributed by atoms with van der Waals surface area (Å²) < 4.78 is 1.56. The molecule has 1 saturated heterocycles. The van der Waals surface area contributed by atoms with E-state index in [0.717, 1.165) is 30.8 Å². The first-order valence-electron chi connectivity index (χ1n) is 9.91. The van der Waals surface area contributed by atoms with Crippen LogP contribution in [0.25, 0.3) is 4.96 Å². The highest BCUT2D eigenvalue weighted by Crippen LogP contribution is 2.49. The highest BCUT2D eigenvalue weighted by molar-refractivity contribution is 7.15. The third-order valence-corrected chi connectivity index (χ3v) is 7.40. The van der Waals surface area contributed by atoms with Gasteiger partial charge in [0.05, 0.1) is 15.7 Å². The zero-order chi connectivity index (χ0) is 20.8. The van der Waals surface area contributed by atoms with E-state index >= 15 is 0 Å². The van der Waals surface area contributed by atoms with E-state index in [4.69, 9.17) is 23.2 Å². The van der Waals surface area contributed by atoms with Crippen LogP contribution < -0.4 is 5.56 Å². The fourth-order valence-corrected chi connectivity index (χ4v) is 5.18. The van der Waals surface area contributed by atoms with Gasteiger partial charge in [-0.3, -0.25) is 18.9 Å². The van der Waals surface area contributed by atoms with Gasteiger partial charge in [-0.2, -0.15) is 0 Å². The second-order valence-electron chi connectivity index (χ2n) is 7.86. The lowest BCUT2D eigenvalue weighted by Gasteiger charge is -2.34. The minimum Gasteiger partial charge on any atom is -0.340 e. The Balaban J connectivity index is 1.17. The highest BCUT2D eigenvalue weighted by Gasteiger charge is 2.46. The van der Waals surface area contributed by atoms with Crippen LogP contribution in [0.5, 0.6) is 0 Å². The summed E-state index contributed by atoms with van der Waals surface area (Å²) in [6, 6.07) is 7.23. The molecule has 2 aromatic heterocycles. The largest absolute Gasteiger partial charge is 0.340 e. The number of amides is 1. The quantitative estimate of drug-likeness (QED) is 0.595. The van der Waals surface area contributed by atoms with Crippen LogP contribution in [0.15, 0.2) is 40.6 Å². The zero-order valence-corrected chi connectivity index (χ0v) is 18.5. The van der Waals surface area contributed by atoms with Gasteiger partial charge in [-0.25, -0.2) is 4.98 Å². The number of hydrogen-bond acceptors (Lipinski definition) is 5. The van der Waals surface area contributed by atoms with E-state index < -0.39 is 0 Å². The Labute approximate surface area is 187 Å². The number of aromatic nitrogens is 2. The summed E-state index contributed by atoms with van der Waals surface area (Å²) in [5.41, 5.74) is 1.82. The molecule has 2 aliphatic rings. The topological polar surface area (TPSA) is 57.9 Å². The minimum atomic E-state index is -0.0489. The molecule has 0 N–H and O–H groups in total. The third kappa shape index (κ3) is 3.87. The average Bonchev–Trinajstić information content (AvgIpc) is 3.39. The van der Waals surface area contributed by atoms with E-state index in [2.05, 4.69) is 9.88 Å². The van der Waals surface area contributed by atoms with Crippen LogP contribution in [0.1, 0.15) is 23.6 Å². The van der Waals surface area contributed by atoms with E-state index in [1.165, 1.54) is 11.3 Å². The summed E-state index contributed by atoms with van der Waals surface area (Å²) in [5.74, 6) is 0.499. The van der Waals surface area contributed by atoms with E-state index in [1.54, 1.807) is 22.7 Å². The van der Waals surface area contributed by atoms with Crippen molar-refractivity contribution in [3.63, 3.8) is 0 Å². The lowest BCUT2D eigenvalue weighted by Crippen LogP contribution is -2.49. The fraction of sp³-hybridized carbons (Fsp3) is 0.381. The average molecular weight is 463 g/mol. The molecule has 1 saturated carbocycles. The van der Waals surface area contributed by atoms with Crippen molar-refractivity contribution in [3.05, 3.63) is 67.5 Å². The standard InChI is InChI=1S/C21H20Cl2N4O2S/c22-17-2-1-13(9-18(17)23)15-11-16(15)20(29)26-5-3-25(4-6-26)12-14-10-19(28)27-7-8-30-21(27)24-14/h1-2,7-10,15-16H,3-6,11-12H2. The number of halogens is 2. The minimum absolute atomic E-state index is 0.0386. The molecule has 2 fully saturated rings. The van der Waals surface area contributed by atoms with E-state index in [-0.39, 0.29) is 23.3 Å². The summed E-state index contributed by atoms with van der Waals surface area (Å²) in [6.45, 7) is 3.58. The first-order chi connectivity index (χ1) is 14.5. The highest BCUT2D eigenvalue weighted by atomic mass is 35.5. The van der Waals surface area contributed by atoms with E-state index in [1.807, 2.05) is 22.4 Å². The van der Waals surface area contributed by atoms with E-state index in [0.29, 0.717) is 34.6 Å². The normalized spacial score (nSPS) is 21.9. The van der Waals surface area contributed by atoms with Gasteiger partial charge in [0, 0.05) is 56.3 Å². The van der Waals surface area contributed by atoms with Crippen LogP contribution >= 0.6 is 34.5 Å². The molecule has 3 aromatic rings. The second-order valence-corrected chi connectivity index (χ2v) is 9.55. The Hall–Kier alpha value is -1.93. The number of benzene rings is 1. The maximum atomic E-state index is 12.9. The van der Waals surface area contributed by atoms with Crippen molar-refractivity contribution < 1.29 is 4.79 Å². The number of carbonyl (C=O) groups is 1. The van der Waals surface area contributed by atoms with Crippen molar-refractivity contribution in [2.24, 2.45) is 5.92 Å². The van der Waals surface area contributed by atoms with Crippen molar-refractivity contribution in [2.45, 2.75) is 18.9 Å². The van der Waals surface area contributed by atoms with Crippen LogP contribution in [0.4, 0.5) is 0 Å². The van der Waals surface area contributed by atoms with Gasteiger partial charge in [0.15, 0.2) is 4.96 Å². The molecule has 2 atom stereocenters. The molecule has 156 valence electrons. The number of fused-ring (bicyclic) bond motifs is 1. The number of thiazole rings is 1. The molecule has 1 aliphatic carbocycles. The molecule has 0 bridgehead atoms.